The van der Waals surface area contributed by atoms with Gasteiger partial charge in [-0.1, -0.05) is 18.2 Å². The van der Waals surface area contributed by atoms with Crippen LogP contribution in [0.15, 0.2) is 53.9 Å². The number of nitrogens with one attached hydrogen (secondary N) is 1. The molecule has 0 unspecified atom stereocenters. The van der Waals surface area contributed by atoms with Gasteiger partial charge in [-0.05, 0) is 35.7 Å². The van der Waals surface area contributed by atoms with Crippen molar-refractivity contribution in [1.82, 2.24) is 4.98 Å². The van der Waals surface area contributed by atoms with Gasteiger partial charge >= 0.3 is 0 Å². The molecular formula is C18H10F2N2OS2. The van der Waals surface area contributed by atoms with E-state index in [2.05, 4.69) is 10.3 Å². The van der Waals surface area contributed by atoms with Crippen LogP contribution < -0.4 is 5.32 Å². The third-order valence-corrected chi connectivity index (χ3v) is 5.51. The summed E-state index contributed by atoms with van der Waals surface area (Å²) in [4.78, 5) is 16.9. The minimum absolute atomic E-state index is 0.506. The van der Waals surface area contributed by atoms with E-state index in [0.29, 0.717) is 5.00 Å². The van der Waals surface area contributed by atoms with Crippen LogP contribution in [-0.2, 0) is 0 Å². The van der Waals surface area contributed by atoms with Gasteiger partial charge in [-0.2, -0.15) is 0 Å². The number of nitrogens with zero attached hydrogens (tertiary/aromatic N) is 1. The lowest BCUT2D eigenvalue weighted by Gasteiger charge is -2.06. The first kappa shape index (κ1) is 15.9. The summed E-state index contributed by atoms with van der Waals surface area (Å²) in [5.74, 6) is -2.61. The summed E-state index contributed by atoms with van der Waals surface area (Å²) in [6.07, 6.45) is 0. The number of thiazole rings is 1. The Morgan fingerprint density at radius 2 is 1.76 bits per heavy atom. The Morgan fingerprint density at radius 3 is 2.52 bits per heavy atom. The molecule has 0 spiro atoms. The number of anilines is 1. The highest BCUT2D eigenvalue weighted by Crippen LogP contribution is 2.38. The molecule has 0 aliphatic heterocycles. The smallest absolute Gasteiger partial charge is 0.262 e. The molecule has 0 aliphatic carbocycles. The van der Waals surface area contributed by atoms with E-state index in [1.807, 2.05) is 30.3 Å². The second kappa shape index (κ2) is 6.34. The standard InChI is InChI=1S/C18H10F2N2OS2/c19-11-4-3-5-12(20)15(11)16(23)22-17-10(8-9-24-17)18-21-13-6-1-2-7-14(13)25-18/h1-9H,(H,22,23). The van der Waals surface area contributed by atoms with E-state index in [1.165, 1.54) is 28.7 Å². The Kier molecular flexibility index (Phi) is 4.03. The fraction of sp³-hybridized carbons (Fsp3) is 0. The third-order valence-electron chi connectivity index (χ3n) is 3.61. The number of para-hydroxylation sites is 1. The Balaban J connectivity index is 1.69. The molecule has 3 nitrogen and oxygen atoms in total. The Morgan fingerprint density at radius 1 is 1.00 bits per heavy atom. The van der Waals surface area contributed by atoms with Crippen molar-refractivity contribution in [3.8, 4) is 10.6 Å². The van der Waals surface area contributed by atoms with Crippen molar-refractivity contribution in [2.45, 2.75) is 0 Å². The number of hydrogen-bond acceptors (Lipinski definition) is 4. The average Bonchev–Trinajstić information content (AvgIpc) is 3.20. The molecular weight excluding hydrogens is 362 g/mol. The van der Waals surface area contributed by atoms with Gasteiger partial charge in [0, 0.05) is 5.56 Å². The van der Waals surface area contributed by atoms with Crippen LogP contribution in [-0.4, -0.2) is 10.9 Å². The zero-order chi connectivity index (χ0) is 17.4. The van der Waals surface area contributed by atoms with E-state index in [4.69, 9.17) is 0 Å². The minimum atomic E-state index is -0.893. The first-order valence-electron chi connectivity index (χ1n) is 7.32. The maximum absolute atomic E-state index is 13.8. The van der Waals surface area contributed by atoms with Gasteiger partial charge in [0.1, 0.15) is 27.2 Å². The van der Waals surface area contributed by atoms with E-state index in [9.17, 15) is 13.6 Å². The van der Waals surface area contributed by atoms with E-state index in [-0.39, 0.29) is 0 Å². The van der Waals surface area contributed by atoms with Gasteiger partial charge in [0.25, 0.3) is 5.91 Å². The molecule has 2 heterocycles. The van der Waals surface area contributed by atoms with Crippen LogP contribution in [0.1, 0.15) is 10.4 Å². The number of thiophene rings is 1. The van der Waals surface area contributed by atoms with Gasteiger partial charge in [-0.25, -0.2) is 13.8 Å². The molecule has 7 heteroatoms. The number of hydrogen-bond donors (Lipinski definition) is 1. The lowest BCUT2D eigenvalue weighted by molar-refractivity contribution is 0.101. The fourth-order valence-corrected chi connectivity index (χ4v) is 4.29. The molecule has 0 saturated heterocycles. The van der Waals surface area contributed by atoms with Crippen LogP contribution in [0, 0.1) is 11.6 Å². The van der Waals surface area contributed by atoms with Crippen molar-refractivity contribution < 1.29 is 13.6 Å². The van der Waals surface area contributed by atoms with E-state index < -0.39 is 23.1 Å². The highest BCUT2D eigenvalue weighted by molar-refractivity contribution is 7.22. The largest absolute Gasteiger partial charge is 0.313 e. The Labute approximate surface area is 149 Å². The molecule has 0 atom stereocenters. The number of carbonyl (C=O) groups is 1. The summed E-state index contributed by atoms with van der Waals surface area (Å²) in [6, 6.07) is 12.9. The normalized spacial score (nSPS) is 11.0. The predicted molar refractivity (Wildman–Crippen MR) is 97.2 cm³/mol. The van der Waals surface area contributed by atoms with Gasteiger partial charge in [0.2, 0.25) is 0 Å². The molecule has 0 aliphatic rings. The molecule has 1 N–H and O–H groups in total. The number of rotatable bonds is 3. The van der Waals surface area contributed by atoms with Crippen LogP contribution in [0.4, 0.5) is 13.8 Å². The van der Waals surface area contributed by atoms with Crippen molar-refractivity contribution in [2.24, 2.45) is 0 Å². The Bertz CT molecular complexity index is 1030. The highest BCUT2D eigenvalue weighted by atomic mass is 32.1. The summed E-state index contributed by atoms with van der Waals surface area (Å²) in [5.41, 5.74) is 1.01. The molecule has 0 bridgehead atoms. The summed E-state index contributed by atoms with van der Waals surface area (Å²) < 4.78 is 28.6. The Hall–Kier alpha value is -2.64. The summed E-state index contributed by atoms with van der Waals surface area (Å²) >= 11 is 2.77. The number of halogens is 2. The quantitative estimate of drug-likeness (QED) is 0.512. The molecule has 0 fully saturated rings. The maximum Gasteiger partial charge on any atom is 0.262 e. The van der Waals surface area contributed by atoms with Crippen molar-refractivity contribution >= 4 is 43.8 Å². The molecule has 4 rings (SSSR count). The molecule has 2 aromatic carbocycles. The van der Waals surface area contributed by atoms with E-state index in [1.54, 1.807) is 5.38 Å². The third kappa shape index (κ3) is 2.92. The van der Waals surface area contributed by atoms with Gasteiger partial charge in [-0.3, -0.25) is 4.79 Å². The lowest BCUT2D eigenvalue weighted by Crippen LogP contribution is -2.15. The van der Waals surface area contributed by atoms with Gasteiger partial charge in [0.15, 0.2) is 0 Å². The first-order chi connectivity index (χ1) is 12.1. The number of carbonyl (C=O) groups excluding carboxylic acids is 1. The number of aromatic nitrogens is 1. The summed E-state index contributed by atoms with van der Waals surface area (Å²) in [7, 11) is 0. The molecule has 25 heavy (non-hydrogen) atoms. The van der Waals surface area contributed by atoms with Crippen molar-refractivity contribution in [3.05, 3.63) is 71.1 Å². The number of benzene rings is 2. The number of amides is 1. The fourth-order valence-electron chi connectivity index (χ4n) is 2.44. The summed E-state index contributed by atoms with van der Waals surface area (Å²) in [5, 5.41) is 5.65. The van der Waals surface area contributed by atoms with Crippen LogP contribution in [0.5, 0.6) is 0 Å². The molecule has 2 aromatic heterocycles. The highest BCUT2D eigenvalue weighted by Gasteiger charge is 2.20. The molecule has 1 amide bonds. The maximum atomic E-state index is 13.8. The second-order valence-corrected chi connectivity index (χ2v) is 7.15. The number of fused-ring (bicyclic) bond motifs is 1. The van der Waals surface area contributed by atoms with E-state index >= 15 is 0 Å². The van der Waals surface area contributed by atoms with Gasteiger partial charge in [-0.15, -0.1) is 22.7 Å². The van der Waals surface area contributed by atoms with Gasteiger partial charge < -0.3 is 5.32 Å². The van der Waals surface area contributed by atoms with Crippen molar-refractivity contribution in [3.63, 3.8) is 0 Å². The zero-order valence-corrected chi connectivity index (χ0v) is 14.3. The average molecular weight is 372 g/mol. The monoisotopic (exact) mass is 372 g/mol. The molecule has 4 aromatic rings. The molecule has 0 radical (unpaired) electrons. The lowest BCUT2D eigenvalue weighted by atomic mass is 10.2. The van der Waals surface area contributed by atoms with Crippen LogP contribution in [0.3, 0.4) is 0 Å². The minimum Gasteiger partial charge on any atom is -0.313 e. The van der Waals surface area contributed by atoms with Crippen LogP contribution in [0.25, 0.3) is 20.8 Å². The zero-order valence-electron chi connectivity index (χ0n) is 12.6. The first-order valence-corrected chi connectivity index (χ1v) is 9.02. The molecule has 0 saturated carbocycles. The van der Waals surface area contributed by atoms with E-state index in [0.717, 1.165) is 32.9 Å². The predicted octanol–water partition coefficient (Wildman–Crippen LogP) is 5.56. The van der Waals surface area contributed by atoms with Crippen LogP contribution in [0.2, 0.25) is 0 Å². The SMILES string of the molecule is O=C(Nc1sccc1-c1nc2ccccc2s1)c1c(F)cccc1F. The summed E-state index contributed by atoms with van der Waals surface area (Å²) in [6.45, 7) is 0. The topological polar surface area (TPSA) is 42.0 Å². The second-order valence-electron chi connectivity index (χ2n) is 5.20. The van der Waals surface area contributed by atoms with Crippen molar-refractivity contribution in [1.29, 1.82) is 0 Å². The molecule has 124 valence electrons. The van der Waals surface area contributed by atoms with Crippen molar-refractivity contribution in [2.75, 3.05) is 5.32 Å². The van der Waals surface area contributed by atoms with Gasteiger partial charge in [0.05, 0.1) is 10.2 Å². The van der Waals surface area contributed by atoms with Crippen LogP contribution >= 0.6 is 22.7 Å².